The number of phenols is 1. The third-order valence-corrected chi connectivity index (χ3v) is 8.67. The zero-order valence-electron chi connectivity index (χ0n) is 23.7. The van der Waals surface area contributed by atoms with Crippen LogP contribution in [0, 0.1) is 23.6 Å². The molecule has 3 aliphatic rings. The Morgan fingerprint density at radius 1 is 1.12 bits per heavy atom. The molecule has 1 aromatic heterocycles. The normalized spacial score (nSPS) is 23.8. The van der Waals surface area contributed by atoms with Crippen molar-refractivity contribution in [2.24, 2.45) is 17.8 Å². The summed E-state index contributed by atoms with van der Waals surface area (Å²) in [5.74, 6) is -2.31. The lowest BCUT2D eigenvalue weighted by Gasteiger charge is -2.43. The molecule has 2 fully saturated rings. The van der Waals surface area contributed by atoms with Crippen LogP contribution in [-0.4, -0.2) is 58.7 Å². The van der Waals surface area contributed by atoms with Crippen LogP contribution >= 0.6 is 0 Å². The highest BCUT2D eigenvalue weighted by Gasteiger charge is 2.56. The molecule has 8 nitrogen and oxygen atoms in total. The fraction of sp³-hybridized carbons (Fsp3) is 0.303. The van der Waals surface area contributed by atoms with E-state index in [-0.39, 0.29) is 30.7 Å². The van der Waals surface area contributed by atoms with Crippen molar-refractivity contribution in [2.75, 3.05) is 13.7 Å². The Kier molecular flexibility index (Phi) is 8.14. The molecule has 0 spiro atoms. The molecule has 0 saturated carbocycles. The molecule has 0 bridgehead atoms. The van der Waals surface area contributed by atoms with E-state index in [1.54, 1.807) is 12.3 Å². The molecule has 0 radical (unpaired) electrons. The highest BCUT2D eigenvalue weighted by atomic mass is 19.1. The van der Waals surface area contributed by atoms with E-state index < -0.39 is 36.6 Å². The number of aromatic hydroxyl groups is 1. The van der Waals surface area contributed by atoms with Gasteiger partial charge in [0.15, 0.2) is 11.6 Å². The van der Waals surface area contributed by atoms with Crippen LogP contribution in [0.2, 0.25) is 6.32 Å². The van der Waals surface area contributed by atoms with Gasteiger partial charge in [0.1, 0.15) is 12.4 Å². The topological polar surface area (TPSA) is 109 Å². The van der Waals surface area contributed by atoms with Crippen LogP contribution in [0.25, 0.3) is 11.6 Å². The number of phenolic OH excluding ortho intramolecular Hbond substituents is 1. The number of allylic oxidation sites excluding steroid dienone is 1. The number of aromatic nitrogens is 1. The van der Waals surface area contributed by atoms with E-state index in [0.717, 1.165) is 16.7 Å². The van der Waals surface area contributed by atoms with E-state index >= 15 is 0 Å². The number of hydrogen-bond donors (Lipinski definition) is 2. The Labute approximate surface area is 249 Å². The highest BCUT2D eigenvalue weighted by molar-refractivity contribution is 6.43. The minimum absolute atomic E-state index is 0.203. The van der Waals surface area contributed by atoms with Crippen LogP contribution in [0.15, 0.2) is 84.1 Å². The van der Waals surface area contributed by atoms with Crippen molar-refractivity contribution in [1.82, 2.24) is 9.88 Å². The Morgan fingerprint density at radius 3 is 2.65 bits per heavy atom. The number of amides is 2. The summed E-state index contributed by atoms with van der Waals surface area (Å²) in [6, 6.07) is 19.1. The Hall–Kier alpha value is -4.28. The molecular weight excluding hydrogens is 550 g/mol. The molecule has 220 valence electrons. The van der Waals surface area contributed by atoms with E-state index in [9.17, 15) is 24.1 Å². The SMILES string of the molecule is CN1C(=O)[C@@H]2[C@@H](CC(COc3ccccc3)=C3[C@@H](CC/C(=C/c4ccc(O)c(F)c4)c4ccccn4)OB(O)C[C@@H]32)C1=O. The quantitative estimate of drug-likeness (QED) is 0.224. The lowest BCUT2D eigenvalue weighted by atomic mass is 9.58. The number of ether oxygens (including phenoxy) is 1. The minimum atomic E-state index is -1.10. The second-order valence-corrected chi connectivity index (χ2v) is 11.3. The maximum Gasteiger partial charge on any atom is 0.455 e. The maximum absolute atomic E-state index is 14.2. The monoisotopic (exact) mass is 582 g/mol. The van der Waals surface area contributed by atoms with Crippen LogP contribution in [-0.2, 0) is 14.2 Å². The molecule has 2 amide bonds. The summed E-state index contributed by atoms with van der Waals surface area (Å²) in [6.07, 6.45) is 4.45. The fourth-order valence-corrected chi connectivity index (χ4v) is 6.67. The van der Waals surface area contributed by atoms with Gasteiger partial charge in [-0.2, -0.15) is 0 Å². The van der Waals surface area contributed by atoms with Gasteiger partial charge in [-0.25, -0.2) is 4.39 Å². The maximum atomic E-state index is 14.2. The summed E-state index contributed by atoms with van der Waals surface area (Å²) in [5, 5.41) is 20.5. The van der Waals surface area contributed by atoms with E-state index in [2.05, 4.69) is 4.98 Å². The molecule has 3 aromatic rings. The number of carbonyl (C=O) groups is 2. The first-order chi connectivity index (χ1) is 20.8. The van der Waals surface area contributed by atoms with Gasteiger partial charge in [-0.3, -0.25) is 19.5 Å². The zero-order valence-corrected chi connectivity index (χ0v) is 23.7. The van der Waals surface area contributed by atoms with Gasteiger partial charge < -0.3 is 19.5 Å². The lowest BCUT2D eigenvalue weighted by molar-refractivity contribution is -0.138. The summed E-state index contributed by atoms with van der Waals surface area (Å²) >= 11 is 0. The van der Waals surface area contributed by atoms with Gasteiger partial charge in [0.05, 0.1) is 23.6 Å². The number of likely N-dealkylation sites (tertiary alicyclic amines) is 1. The van der Waals surface area contributed by atoms with Gasteiger partial charge in [0.2, 0.25) is 11.8 Å². The second kappa shape index (κ2) is 12.1. The molecule has 2 saturated heterocycles. The average molecular weight is 582 g/mol. The third-order valence-electron chi connectivity index (χ3n) is 8.67. The van der Waals surface area contributed by atoms with Gasteiger partial charge in [-0.05, 0) is 96.3 Å². The van der Waals surface area contributed by atoms with Crippen molar-refractivity contribution >= 4 is 30.6 Å². The molecule has 2 N–H and O–H groups in total. The van der Waals surface area contributed by atoms with Gasteiger partial charge in [0, 0.05) is 13.2 Å². The number of imide groups is 1. The van der Waals surface area contributed by atoms with Crippen molar-refractivity contribution < 1.29 is 33.5 Å². The van der Waals surface area contributed by atoms with Crippen molar-refractivity contribution in [3.63, 3.8) is 0 Å². The van der Waals surface area contributed by atoms with E-state index in [1.165, 1.54) is 24.1 Å². The molecule has 10 heteroatoms. The number of carbonyl (C=O) groups excluding carboxylic acids is 2. The molecule has 3 heterocycles. The van der Waals surface area contributed by atoms with Crippen LogP contribution in [0.3, 0.4) is 0 Å². The predicted molar refractivity (Wildman–Crippen MR) is 159 cm³/mol. The first kappa shape index (κ1) is 28.8. The number of para-hydroxylation sites is 1. The molecule has 4 atom stereocenters. The summed E-state index contributed by atoms with van der Waals surface area (Å²) in [7, 11) is 0.419. The Bertz CT molecular complexity index is 1580. The molecule has 2 aliphatic heterocycles. The summed E-state index contributed by atoms with van der Waals surface area (Å²) in [5.41, 5.74) is 3.90. The highest BCUT2D eigenvalue weighted by Crippen LogP contribution is 2.50. The van der Waals surface area contributed by atoms with Gasteiger partial charge in [0.25, 0.3) is 0 Å². The van der Waals surface area contributed by atoms with Crippen LogP contribution < -0.4 is 4.74 Å². The number of benzene rings is 2. The van der Waals surface area contributed by atoms with Crippen LogP contribution in [0.1, 0.15) is 30.5 Å². The van der Waals surface area contributed by atoms with E-state index in [1.807, 2.05) is 54.6 Å². The number of rotatable bonds is 8. The Morgan fingerprint density at radius 2 is 1.91 bits per heavy atom. The first-order valence-electron chi connectivity index (χ1n) is 14.4. The molecule has 6 rings (SSSR count). The number of hydrogen-bond acceptors (Lipinski definition) is 7. The minimum Gasteiger partial charge on any atom is -0.505 e. The van der Waals surface area contributed by atoms with Gasteiger partial charge >= 0.3 is 7.12 Å². The molecule has 43 heavy (non-hydrogen) atoms. The van der Waals surface area contributed by atoms with E-state index in [0.29, 0.717) is 36.3 Å². The van der Waals surface area contributed by atoms with Crippen LogP contribution in [0.5, 0.6) is 11.5 Å². The largest absolute Gasteiger partial charge is 0.505 e. The smallest absolute Gasteiger partial charge is 0.455 e. The zero-order chi connectivity index (χ0) is 30.1. The van der Waals surface area contributed by atoms with Crippen LogP contribution in [0.4, 0.5) is 4.39 Å². The lowest BCUT2D eigenvalue weighted by Crippen LogP contribution is -2.46. The standard InChI is InChI=1S/C33H32BFN2O6/c1-37-32(39)24-17-22(19-42-23-7-3-2-4-8-23)30-25(31(24)33(37)40)18-34(41)43-29(30)13-11-21(27-9-5-6-14-36-27)15-20-10-12-28(38)26(35)16-20/h2-10,12,14-16,24-25,29,31,38,41H,11,13,17-19H2,1H3/b21-15-/t24-,25+,29-,31-/m1/s1. The summed E-state index contributed by atoms with van der Waals surface area (Å²) < 4.78 is 26.4. The number of halogens is 1. The third kappa shape index (κ3) is 5.85. The van der Waals surface area contributed by atoms with E-state index in [4.69, 9.17) is 9.39 Å². The first-order valence-corrected chi connectivity index (χ1v) is 14.4. The van der Waals surface area contributed by atoms with Crippen molar-refractivity contribution in [3.05, 3.63) is 101 Å². The predicted octanol–water partition coefficient (Wildman–Crippen LogP) is 4.75. The number of fused-ring (bicyclic) bond motifs is 3. The molecular formula is C33H32BFN2O6. The fourth-order valence-electron chi connectivity index (χ4n) is 6.67. The molecule has 0 unspecified atom stereocenters. The van der Waals surface area contributed by atoms with Crippen molar-refractivity contribution in [1.29, 1.82) is 0 Å². The second-order valence-electron chi connectivity index (χ2n) is 11.3. The molecule has 1 aliphatic carbocycles. The summed E-state index contributed by atoms with van der Waals surface area (Å²) in [6.45, 7) is 0.232. The summed E-state index contributed by atoms with van der Waals surface area (Å²) in [4.78, 5) is 32.1. The van der Waals surface area contributed by atoms with Crippen molar-refractivity contribution in [2.45, 2.75) is 31.7 Å². The van der Waals surface area contributed by atoms with Gasteiger partial charge in [-0.15, -0.1) is 0 Å². The van der Waals surface area contributed by atoms with Gasteiger partial charge in [-0.1, -0.05) is 30.3 Å². The Balaban J connectivity index is 1.35. The number of pyridine rings is 1. The molecule has 2 aromatic carbocycles. The van der Waals surface area contributed by atoms with Crippen molar-refractivity contribution in [3.8, 4) is 11.5 Å². The number of nitrogens with zero attached hydrogens (tertiary/aromatic N) is 2. The average Bonchev–Trinajstić information content (AvgIpc) is 3.23.